The molecule has 0 aromatic heterocycles. The molecule has 5 heteroatoms. The van der Waals surface area contributed by atoms with Crippen molar-refractivity contribution >= 4 is 0 Å². The van der Waals surface area contributed by atoms with Crippen LogP contribution in [0.15, 0.2) is 18.2 Å². The molecule has 0 heterocycles. The maximum atomic E-state index is 13.3. The number of nitrogens with one attached hydrogen (secondary N) is 1. The normalized spacial score (nSPS) is 14.6. The van der Waals surface area contributed by atoms with E-state index in [0.717, 1.165) is 18.2 Å². The largest absolute Gasteiger partial charge is 0.396 e. The Morgan fingerprint density at radius 3 is 2.71 bits per heavy atom. The van der Waals surface area contributed by atoms with Crippen molar-refractivity contribution in [1.29, 1.82) is 0 Å². The zero-order chi connectivity index (χ0) is 12.8. The predicted octanol–water partition coefficient (Wildman–Crippen LogP) is 1.36. The third-order valence-corrected chi connectivity index (χ3v) is 2.54. The molecule has 0 saturated carbocycles. The molecule has 96 valence electrons. The highest BCUT2D eigenvalue weighted by atomic mass is 19.1. The van der Waals surface area contributed by atoms with Crippen LogP contribution in [0.4, 0.5) is 8.78 Å². The van der Waals surface area contributed by atoms with Crippen LogP contribution in [0.5, 0.6) is 0 Å². The summed E-state index contributed by atoms with van der Waals surface area (Å²) in [7, 11) is 0. The first-order chi connectivity index (χ1) is 8.04. The lowest BCUT2D eigenvalue weighted by Gasteiger charge is -2.17. The van der Waals surface area contributed by atoms with Crippen LogP contribution >= 0.6 is 0 Å². The van der Waals surface area contributed by atoms with Crippen molar-refractivity contribution in [3.63, 3.8) is 0 Å². The van der Waals surface area contributed by atoms with E-state index in [9.17, 15) is 13.9 Å². The van der Waals surface area contributed by atoms with E-state index >= 15 is 0 Å². The van der Waals surface area contributed by atoms with Crippen LogP contribution in [-0.2, 0) is 0 Å². The van der Waals surface area contributed by atoms with Crippen molar-refractivity contribution in [1.82, 2.24) is 5.32 Å². The van der Waals surface area contributed by atoms with E-state index in [4.69, 9.17) is 5.11 Å². The number of hydrogen-bond donors (Lipinski definition) is 3. The highest BCUT2D eigenvalue weighted by Gasteiger charge is 2.14. The Balaban J connectivity index is 2.57. The molecular weight excluding hydrogens is 228 g/mol. The van der Waals surface area contributed by atoms with Gasteiger partial charge in [0.05, 0.1) is 6.10 Å². The van der Waals surface area contributed by atoms with Crippen LogP contribution in [-0.4, -0.2) is 29.4 Å². The molecule has 0 aliphatic carbocycles. The van der Waals surface area contributed by atoms with Crippen molar-refractivity contribution in [3.8, 4) is 0 Å². The van der Waals surface area contributed by atoms with Crippen molar-refractivity contribution in [3.05, 3.63) is 35.4 Å². The van der Waals surface area contributed by atoms with Crippen LogP contribution in [0.1, 0.15) is 25.0 Å². The van der Waals surface area contributed by atoms with Crippen molar-refractivity contribution in [2.24, 2.45) is 0 Å². The maximum absolute atomic E-state index is 13.3. The molecule has 3 nitrogen and oxygen atoms in total. The summed E-state index contributed by atoms with van der Waals surface area (Å²) in [6.07, 6.45) is -0.565. The molecule has 0 fully saturated rings. The lowest BCUT2D eigenvalue weighted by molar-refractivity contribution is 0.162. The van der Waals surface area contributed by atoms with Gasteiger partial charge in [-0.25, -0.2) is 8.78 Å². The maximum Gasteiger partial charge on any atom is 0.129 e. The fraction of sp³-hybridized carbons (Fsp3) is 0.500. The van der Waals surface area contributed by atoms with E-state index in [2.05, 4.69) is 5.32 Å². The van der Waals surface area contributed by atoms with Gasteiger partial charge >= 0.3 is 0 Å². The fourth-order valence-corrected chi connectivity index (χ4v) is 1.49. The van der Waals surface area contributed by atoms with Crippen LogP contribution in [0, 0.1) is 11.6 Å². The summed E-state index contributed by atoms with van der Waals surface area (Å²) in [5.41, 5.74) is -0.0614. The summed E-state index contributed by atoms with van der Waals surface area (Å²) in [6, 6.07) is 2.99. The second-order valence-electron chi connectivity index (χ2n) is 4.00. The predicted molar refractivity (Wildman–Crippen MR) is 60.5 cm³/mol. The minimum absolute atomic E-state index is 0.00581. The Bertz CT molecular complexity index is 360. The summed E-state index contributed by atoms with van der Waals surface area (Å²) in [5, 5.41) is 21.3. The van der Waals surface area contributed by atoms with Gasteiger partial charge in [-0.05, 0) is 31.5 Å². The van der Waals surface area contributed by atoms with Crippen molar-refractivity contribution in [2.75, 3.05) is 13.2 Å². The topological polar surface area (TPSA) is 52.5 Å². The Kier molecular flexibility index (Phi) is 5.47. The zero-order valence-electron chi connectivity index (χ0n) is 9.66. The fourth-order valence-electron chi connectivity index (χ4n) is 1.49. The molecule has 1 aromatic carbocycles. The molecule has 1 rings (SSSR count). The van der Waals surface area contributed by atoms with E-state index in [0.29, 0.717) is 6.42 Å². The summed E-state index contributed by atoms with van der Waals surface area (Å²) >= 11 is 0. The first kappa shape index (κ1) is 14.0. The number of benzene rings is 1. The molecule has 2 unspecified atom stereocenters. The molecule has 0 radical (unpaired) electrons. The minimum atomic E-state index is -1.10. The number of hydrogen-bond acceptors (Lipinski definition) is 3. The van der Waals surface area contributed by atoms with Gasteiger partial charge in [0.15, 0.2) is 0 Å². The van der Waals surface area contributed by atoms with E-state index in [1.54, 1.807) is 0 Å². The van der Waals surface area contributed by atoms with Gasteiger partial charge in [-0.15, -0.1) is 0 Å². The van der Waals surface area contributed by atoms with E-state index < -0.39 is 17.7 Å². The zero-order valence-corrected chi connectivity index (χ0v) is 9.66. The van der Waals surface area contributed by atoms with Gasteiger partial charge < -0.3 is 15.5 Å². The SMILES string of the molecule is CC(CCO)NCC(O)c1cc(F)ccc1F. The Morgan fingerprint density at radius 2 is 2.06 bits per heavy atom. The van der Waals surface area contributed by atoms with Crippen molar-refractivity contribution in [2.45, 2.75) is 25.5 Å². The van der Waals surface area contributed by atoms with Gasteiger partial charge in [0.25, 0.3) is 0 Å². The first-order valence-electron chi connectivity index (χ1n) is 5.52. The standard InChI is InChI=1S/C12H17F2NO2/c1-8(4-5-16)15-7-12(17)10-6-9(13)2-3-11(10)14/h2-3,6,8,12,15-17H,4-5,7H2,1H3. The highest BCUT2D eigenvalue weighted by Crippen LogP contribution is 2.17. The molecule has 0 amide bonds. The Morgan fingerprint density at radius 1 is 1.35 bits per heavy atom. The summed E-state index contributed by atoms with van der Waals surface area (Å²) in [4.78, 5) is 0. The molecule has 0 aliphatic heterocycles. The average molecular weight is 245 g/mol. The van der Waals surface area contributed by atoms with Gasteiger partial charge in [0.1, 0.15) is 11.6 Å². The summed E-state index contributed by atoms with van der Waals surface area (Å²) in [5.74, 6) is -1.21. The van der Waals surface area contributed by atoms with E-state index in [1.165, 1.54) is 0 Å². The second-order valence-corrected chi connectivity index (χ2v) is 4.00. The first-order valence-corrected chi connectivity index (χ1v) is 5.52. The number of aliphatic hydroxyl groups is 2. The van der Waals surface area contributed by atoms with Gasteiger partial charge in [-0.2, -0.15) is 0 Å². The molecule has 17 heavy (non-hydrogen) atoms. The van der Waals surface area contributed by atoms with Crippen molar-refractivity contribution < 1.29 is 19.0 Å². The lowest BCUT2D eigenvalue weighted by atomic mass is 10.1. The van der Waals surface area contributed by atoms with Gasteiger partial charge in [-0.1, -0.05) is 0 Å². The molecule has 0 saturated heterocycles. The molecule has 0 aliphatic rings. The minimum Gasteiger partial charge on any atom is -0.396 e. The number of rotatable bonds is 6. The third-order valence-electron chi connectivity index (χ3n) is 2.54. The monoisotopic (exact) mass is 245 g/mol. The van der Waals surface area contributed by atoms with E-state index in [1.807, 2.05) is 6.92 Å². The molecule has 2 atom stereocenters. The molecule has 0 bridgehead atoms. The van der Waals surface area contributed by atoms with E-state index in [-0.39, 0.29) is 24.8 Å². The number of aliphatic hydroxyl groups excluding tert-OH is 2. The van der Waals surface area contributed by atoms with Crippen LogP contribution in [0.3, 0.4) is 0 Å². The molecule has 0 spiro atoms. The quantitative estimate of drug-likeness (QED) is 0.709. The Labute approximate surface area is 99.1 Å². The molecular formula is C12H17F2NO2. The van der Waals surface area contributed by atoms with Crippen LogP contribution in [0.2, 0.25) is 0 Å². The average Bonchev–Trinajstić information content (AvgIpc) is 2.29. The van der Waals surface area contributed by atoms with Gasteiger partial charge in [-0.3, -0.25) is 0 Å². The molecule has 3 N–H and O–H groups in total. The Hall–Kier alpha value is -1.04. The second kappa shape index (κ2) is 6.64. The van der Waals surface area contributed by atoms with Crippen LogP contribution in [0.25, 0.3) is 0 Å². The molecule has 1 aromatic rings. The van der Waals surface area contributed by atoms with Gasteiger partial charge in [0, 0.05) is 24.8 Å². The smallest absolute Gasteiger partial charge is 0.129 e. The summed E-state index contributed by atoms with van der Waals surface area (Å²) in [6.45, 7) is 1.99. The summed E-state index contributed by atoms with van der Waals surface area (Å²) < 4.78 is 26.2. The van der Waals surface area contributed by atoms with Crippen LogP contribution < -0.4 is 5.32 Å². The van der Waals surface area contributed by atoms with Gasteiger partial charge in [0.2, 0.25) is 0 Å². The lowest BCUT2D eigenvalue weighted by Crippen LogP contribution is -2.31. The third kappa shape index (κ3) is 4.38. The number of halogens is 2. The highest BCUT2D eigenvalue weighted by molar-refractivity contribution is 5.21.